The first-order valence-corrected chi connectivity index (χ1v) is 7.80. The number of rotatable bonds is 4. The van der Waals surface area contributed by atoms with Gasteiger partial charge in [-0.15, -0.1) is 10.2 Å². The number of nitrogens with zero attached hydrogens (tertiary/aromatic N) is 3. The normalized spacial score (nSPS) is 15.2. The second-order valence-corrected chi connectivity index (χ2v) is 5.69. The molecule has 1 fully saturated rings. The second kappa shape index (κ2) is 7.08. The van der Waals surface area contributed by atoms with E-state index in [0.717, 1.165) is 12.8 Å². The van der Waals surface area contributed by atoms with Crippen molar-refractivity contribution >= 4 is 23.5 Å². The van der Waals surface area contributed by atoms with Crippen LogP contribution in [0.1, 0.15) is 37.9 Å². The molecule has 1 aliphatic rings. The molecule has 0 spiro atoms. The summed E-state index contributed by atoms with van der Waals surface area (Å²) in [6.07, 6.45) is 5.68. The molecular weight excluding hydrogens is 296 g/mol. The van der Waals surface area contributed by atoms with E-state index in [2.05, 4.69) is 31.3 Å². The van der Waals surface area contributed by atoms with E-state index in [1.165, 1.54) is 19.3 Å². The molecule has 23 heavy (non-hydrogen) atoms. The number of carbonyl (C=O) groups excluding carboxylic acids is 1. The van der Waals surface area contributed by atoms with E-state index in [0.29, 0.717) is 23.2 Å². The molecule has 0 saturated heterocycles. The first-order chi connectivity index (χ1) is 11.2. The monoisotopic (exact) mass is 316 g/mol. The van der Waals surface area contributed by atoms with Crippen molar-refractivity contribution in [3.8, 4) is 0 Å². The average molecular weight is 316 g/mol. The number of aryl methyl sites for hydroxylation is 1. The fourth-order valence-corrected chi connectivity index (χ4v) is 2.61. The lowest BCUT2D eigenvalue weighted by Crippen LogP contribution is -2.39. The summed E-state index contributed by atoms with van der Waals surface area (Å²) < 4.78 is 4.96. The molecule has 2 amide bonds. The molecule has 2 heterocycles. The highest BCUT2D eigenvalue weighted by Crippen LogP contribution is 2.18. The zero-order valence-corrected chi connectivity index (χ0v) is 13.0. The molecule has 8 heteroatoms. The van der Waals surface area contributed by atoms with Crippen molar-refractivity contribution in [1.82, 2.24) is 20.7 Å². The van der Waals surface area contributed by atoms with Gasteiger partial charge in [0.15, 0.2) is 17.5 Å². The maximum atomic E-state index is 11.9. The summed E-state index contributed by atoms with van der Waals surface area (Å²) in [7, 11) is 0. The van der Waals surface area contributed by atoms with E-state index in [1.54, 1.807) is 18.2 Å². The van der Waals surface area contributed by atoms with Gasteiger partial charge < -0.3 is 15.2 Å². The summed E-state index contributed by atoms with van der Waals surface area (Å²) in [6.45, 7) is 1.81. The lowest BCUT2D eigenvalue weighted by molar-refractivity contribution is 0.244. The Morgan fingerprint density at radius 2 is 1.87 bits per heavy atom. The molecule has 0 aromatic carbocycles. The molecule has 0 unspecified atom stereocenters. The van der Waals surface area contributed by atoms with Gasteiger partial charge in [0.05, 0.1) is 0 Å². The van der Waals surface area contributed by atoms with Crippen LogP contribution in [-0.4, -0.2) is 27.4 Å². The smallest absolute Gasteiger partial charge is 0.320 e. The third-order valence-electron chi connectivity index (χ3n) is 3.73. The zero-order chi connectivity index (χ0) is 16.1. The van der Waals surface area contributed by atoms with Crippen LogP contribution in [0, 0.1) is 6.92 Å². The molecule has 0 aliphatic heterocycles. The molecular formula is C15H20N6O2. The van der Waals surface area contributed by atoms with Crippen molar-refractivity contribution in [3.63, 3.8) is 0 Å². The predicted octanol–water partition coefficient (Wildman–Crippen LogP) is 2.97. The lowest BCUT2D eigenvalue weighted by Gasteiger charge is -2.22. The predicted molar refractivity (Wildman–Crippen MR) is 85.6 cm³/mol. The van der Waals surface area contributed by atoms with E-state index in [4.69, 9.17) is 4.52 Å². The molecule has 0 atom stereocenters. The highest BCUT2D eigenvalue weighted by Gasteiger charge is 2.15. The Hall–Kier alpha value is -2.64. The van der Waals surface area contributed by atoms with Crippen LogP contribution in [0.3, 0.4) is 0 Å². The minimum atomic E-state index is -0.237. The van der Waals surface area contributed by atoms with Gasteiger partial charge in [-0.25, -0.2) is 4.79 Å². The van der Waals surface area contributed by atoms with Crippen molar-refractivity contribution < 1.29 is 9.32 Å². The number of carbonyl (C=O) groups is 1. The fraction of sp³-hybridized carbons (Fsp3) is 0.467. The number of hydrogen-bond donors (Lipinski definition) is 3. The van der Waals surface area contributed by atoms with Gasteiger partial charge in [0.1, 0.15) is 5.76 Å². The maximum Gasteiger partial charge on any atom is 0.320 e. The number of nitrogens with one attached hydrogen (secondary N) is 3. The highest BCUT2D eigenvalue weighted by molar-refractivity contribution is 5.88. The Morgan fingerprint density at radius 3 is 2.52 bits per heavy atom. The van der Waals surface area contributed by atoms with Crippen LogP contribution in [0.4, 0.5) is 22.2 Å². The van der Waals surface area contributed by atoms with Crippen LogP contribution >= 0.6 is 0 Å². The van der Waals surface area contributed by atoms with Crippen LogP contribution in [0.2, 0.25) is 0 Å². The molecule has 1 saturated carbocycles. The van der Waals surface area contributed by atoms with Gasteiger partial charge in [0, 0.05) is 12.1 Å². The molecule has 3 N–H and O–H groups in total. The Bertz CT molecular complexity index is 648. The summed E-state index contributed by atoms with van der Waals surface area (Å²) in [5.41, 5.74) is 0. The van der Waals surface area contributed by atoms with Crippen LogP contribution < -0.4 is 16.0 Å². The van der Waals surface area contributed by atoms with Crippen LogP contribution in [0.15, 0.2) is 22.7 Å². The van der Waals surface area contributed by atoms with Crippen molar-refractivity contribution in [1.29, 1.82) is 0 Å². The van der Waals surface area contributed by atoms with E-state index in [1.807, 2.05) is 6.92 Å². The first kappa shape index (κ1) is 15.3. The fourth-order valence-electron chi connectivity index (χ4n) is 2.61. The molecule has 122 valence electrons. The van der Waals surface area contributed by atoms with Crippen molar-refractivity contribution in [2.75, 3.05) is 10.6 Å². The van der Waals surface area contributed by atoms with Gasteiger partial charge in [0.2, 0.25) is 0 Å². The molecule has 0 bridgehead atoms. The van der Waals surface area contributed by atoms with Gasteiger partial charge in [0.25, 0.3) is 0 Å². The van der Waals surface area contributed by atoms with E-state index >= 15 is 0 Å². The van der Waals surface area contributed by atoms with Crippen molar-refractivity contribution in [2.45, 2.75) is 45.1 Å². The summed E-state index contributed by atoms with van der Waals surface area (Å²) in [5.74, 6) is 2.20. The Labute approximate surface area is 134 Å². The van der Waals surface area contributed by atoms with Crippen molar-refractivity contribution in [3.05, 3.63) is 24.0 Å². The number of anilines is 3. The van der Waals surface area contributed by atoms with Crippen LogP contribution in [0.5, 0.6) is 0 Å². The summed E-state index contributed by atoms with van der Waals surface area (Å²) in [5, 5.41) is 20.4. The molecule has 3 rings (SSSR count). The Morgan fingerprint density at radius 1 is 1.13 bits per heavy atom. The molecule has 2 aromatic rings. The largest absolute Gasteiger partial charge is 0.360 e. The maximum absolute atomic E-state index is 11.9. The standard InChI is InChI=1S/C15H20N6O2/c1-10-9-14(21-23-10)17-12-7-8-13(20-19-12)18-15(22)16-11-5-3-2-4-6-11/h7-9,11H,2-6H2,1H3,(H,17,19,21)(H2,16,18,20,22). The van der Waals surface area contributed by atoms with Gasteiger partial charge >= 0.3 is 6.03 Å². The zero-order valence-electron chi connectivity index (χ0n) is 13.0. The quantitative estimate of drug-likeness (QED) is 0.801. The molecule has 0 radical (unpaired) electrons. The van der Waals surface area contributed by atoms with Gasteiger partial charge in [-0.05, 0) is 31.9 Å². The Balaban J connectivity index is 1.51. The minimum Gasteiger partial charge on any atom is -0.360 e. The first-order valence-electron chi connectivity index (χ1n) is 7.80. The summed E-state index contributed by atoms with van der Waals surface area (Å²) in [6, 6.07) is 5.17. The third-order valence-corrected chi connectivity index (χ3v) is 3.73. The number of hydrogen-bond acceptors (Lipinski definition) is 6. The number of aromatic nitrogens is 3. The minimum absolute atomic E-state index is 0.237. The van der Waals surface area contributed by atoms with Gasteiger partial charge in [-0.3, -0.25) is 5.32 Å². The molecule has 8 nitrogen and oxygen atoms in total. The van der Waals surface area contributed by atoms with Crippen LogP contribution in [0.25, 0.3) is 0 Å². The second-order valence-electron chi connectivity index (χ2n) is 5.69. The summed E-state index contributed by atoms with van der Waals surface area (Å²) >= 11 is 0. The SMILES string of the molecule is Cc1cc(Nc2ccc(NC(=O)NC3CCCCC3)nn2)no1. The van der Waals surface area contributed by atoms with E-state index in [-0.39, 0.29) is 12.1 Å². The molecule has 2 aromatic heterocycles. The van der Waals surface area contributed by atoms with Gasteiger partial charge in [-0.2, -0.15) is 0 Å². The van der Waals surface area contributed by atoms with Crippen molar-refractivity contribution in [2.24, 2.45) is 0 Å². The third kappa shape index (κ3) is 4.41. The topological polar surface area (TPSA) is 105 Å². The van der Waals surface area contributed by atoms with E-state index < -0.39 is 0 Å². The average Bonchev–Trinajstić information content (AvgIpc) is 2.95. The lowest BCUT2D eigenvalue weighted by atomic mass is 9.96. The Kier molecular flexibility index (Phi) is 4.70. The van der Waals surface area contributed by atoms with E-state index in [9.17, 15) is 4.79 Å². The molecule has 1 aliphatic carbocycles. The van der Waals surface area contributed by atoms with Gasteiger partial charge in [-0.1, -0.05) is 24.4 Å². The highest BCUT2D eigenvalue weighted by atomic mass is 16.5. The number of urea groups is 1. The summed E-state index contributed by atoms with van der Waals surface area (Å²) in [4.78, 5) is 11.9. The van der Waals surface area contributed by atoms with Crippen LogP contribution in [-0.2, 0) is 0 Å². The number of amides is 2.